The molecule has 1 aliphatic rings. The fraction of sp³-hybridized carbons (Fsp3) is 0.200. The molecule has 0 bridgehead atoms. The molecule has 0 saturated carbocycles. The molecule has 30 heavy (non-hydrogen) atoms. The first kappa shape index (κ1) is 18.4. The Morgan fingerprint density at radius 1 is 0.800 bits per heavy atom. The number of anilines is 1. The van der Waals surface area contributed by atoms with Gasteiger partial charge in [0.15, 0.2) is 0 Å². The fourth-order valence-corrected chi connectivity index (χ4v) is 4.23. The molecule has 0 aliphatic carbocycles. The SMILES string of the molecule is Cc1nc2cc(C(=O)N3CCN(c4ccccc4)CC3)ccc2n1-c1ccccc1. The van der Waals surface area contributed by atoms with Crippen molar-refractivity contribution in [3.8, 4) is 5.69 Å². The van der Waals surface area contributed by atoms with E-state index < -0.39 is 0 Å². The van der Waals surface area contributed by atoms with Crippen LogP contribution in [0.4, 0.5) is 5.69 Å². The van der Waals surface area contributed by atoms with Gasteiger partial charge in [-0.3, -0.25) is 9.36 Å². The molecule has 0 spiro atoms. The van der Waals surface area contributed by atoms with Gasteiger partial charge in [-0.1, -0.05) is 36.4 Å². The van der Waals surface area contributed by atoms with Gasteiger partial charge in [0.1, 0.15) is 5.82 Å². The normalized spacial score (nSPS) is 14.3. The minimum atomic E-state index is 0.0801. The number of aromatic nitrogens is 2. The number of aryl methyl sites for hydroxylation is 1. The van der Waals surface area contributed by atoms with Gasteiger partial charge in [0.05, 0.1) is 11.0 Å². The lowest BCUT2D eigenvalue weighted by molar-refractivity contribution is 0.0747. The van der Waals surface area contributed by atoms with Gasteiger partial charge < -0.3 is 9.80 Å². The van der Waals surface area contributed by atoms with Crippen LogP contribution < -0.4 is 4.90 Å². The van der Waals surface area contributed by atoms with Crippen LogP contribution in [0.5, 0.6) is 0 Å². The smallest absolute Gasteiger partial charge is 0.254 e. The van der Waals surface area contributed by atoms with E-state index in [0.717, 1.165) is 48.7 Å². The van der Waals surface area contributed by atoms with Crippen LogP contribution in [0.15, 0.2) is 78.9 Å². The predicted octanol–water partition coefficient (Wildman–Crippen LogP) is 4.30. The predicted molar refractivity (Wildman–Crippen MR) is 120 cm³/mol. The van der Waals surface area contributed by atoms with E-state index in [1.807, 2.05) is 54.3 Å². The number of piperazine rings is 1. The molecular weight excluding hydrogens is 372 g/mol. The Labute approximate surface area is 176 Å². The number of rotatable bonds is 3. The summed E-state index contributed by atoms with van der Waals surface area (Å²) in [6.45, 7) is 5.14. The summed E-state index contributed by atoms with van der Waals surface area (Å²) < 4.78 is 2.13. The highest BCUT2D eigenvalue weighted by Crippen LogP contribution is 2.23. The van der Waals surface area contributed by atoms with Crippen molar-refractivity contribution in [1.29, 1.82) is 0 Å². The third-order valence-electron chi connectivity index (χ3n) is 5.77. The van der Waals surface area contributed by atoms with Gasteiger partial charge in [-0.2, -0.15) is 0 Å². The molecule has 5 nitrogen and oxygen atoms in total. The van der Waals surface area contributed by atoms with Crippen LogP contribution >= 0.6 is 0 Å². The van der Waals surface area contributed by atoms with Crippen molar-refractivity contribution in [2.24, 2.45) is 0 Å². The Morgan fingerprint density at radius 2 is 1.43 bits per heavy atom. The van der Waals surface area contributed by atoms with Crippen LogP contribution in [-0.4, -0.2) is 46.5 Å². The zero-order valence-electron chi connectivity index (χ0n) is 17.0. The molecule has 2 heterocycles. The number of para-hydroxylation sites is 2. The Morgan fingerprint density at radius 3 is 2.10 bits per heavy atom. The third kappa shape index (κ3) is 3.32. The van der Waals surface area contributed by atoms with E-state index >= 15 is 0 Å². The molecule has 0 unspecified atom stereocenters. The minimum absolute atomic E-state index is 0.0801. The summed E-state index contributed by atoms with van der Waals surface area (Å²) >= 11 is 0. The minimum Gasteiger partial charge on any atom is -0.368 e. The molecule has 1 aromatic heterocycles. The van der Waals surface area contributed by atoms with E-state index in [2.05, 4.69) is 45.9 Å². The standard InChI is InChI=1S/C25H24N4O/c1-19-26-23-18-20(12-13-24(23)29(19)22-10-6-3-7-11-22)25(30)28-16-14-27(15-17-28)21-8-4-2-5-9-21/h2-13,18H,14-17H2,1H3. The van der Waals surface area contributed by atoms with E-state index in [-0.39, 0.29) is 5.91 Å². The largest absolute Gasteiger partial charge is 0.368 e. The summed E-state index contributed by atoms with van der Waals surface area (Å²) in [5.74, 6) is 0.994. The first-order chi connectivity index (χ1) is 14.7. The Balaban J connectivity index is 1.36. The summed E-state index contributed by atoms with van der Waals surface area (Å²) in [5.41, 5.74) is 4.87. The molecule has 150 valence electrons. The van der Waals surface area contributed by atoms with Crippen molar-refractivity contribution in [1.82, 2.24) is 14.5 Å². The highest BCUT2D eigenvalue weighted by molar-refractivity contribution is 5.97. The molecule has 1 amide bonds. The highest BCUT2D eigenvalue weighted by Gasteiger charge is 2.23. The molecule has 3 aromatic carbocycles. The molecule has 0 N–H and O–H groups in total. The summed E-state index contributed by atoms with van der Waals surface area (Å²) in [7, 11) is 0. The van der Waals surface area contributed by atoms with Crippen molar-refractivity contribution in [3.05, 3.63) is 90.3 Å². The summed E-state index contributed by atoms with van der Waals surface area (Å²) in [6, 6.07) is 26.4. The molecule has 1 fully saturated rings. The van der Waals surface area contributed by atoms with Gasteiger partial charge in [-0.15, -0.1) is 0 Å². The number of fused-ring (bicyclic) bond motifs is 1. The van der Waals surface area contributed by atoms with Gasteiger partial charge in [-0.05, 0) is 49.4 Å². The average molecular weight is 396 g/mol. The second kappa shape index (κ2) is 7.67. The van der Waals surface area contributed by atoms with Gasteiger partial charge in [0, 0.05) is 43.1 Å². The Bertz CT molecular complexity index is 1180. The molecule has 5 rings (SSSR count). The van der Waals surface area contributed by atoms with Crippen molar-refractivity contribution in [2.75, 3.05) is 31.1 Å². The highest BCUT2D eigenvalue weighted by atomic mass is 16.2. The zero-order chi connectivity index (χ0) is 20.5. The first-order valence-corrected chi connectivity index (χ1v) is 10.3. The molecule has 1 aliphatic heterocycles. The van der Waals surface area contributed by atoms with E-state index in [1.54, 1.807) is 0 Å². The second-order valence-corrected chi connectivity index (χ2v) is 7.65. The summed E-state index contributed by atoms with van der Waals surface area (Å²) in [6.07, 6.45) is 0. The molecule has 4 aromatic rings. The van der Waals surface area contributed by atoms with E-state index in [9.17, 15) is 4.79 Å². The first-order valence-electron chi connectivity index (χ1n) is 10.3. The lowest BCUT2D eigenvalue weighted by Crippen LogP contribution is -2.48. The van der Waals surface area contributed by atoms with Crippen molar-refractivity contribution >= 4 is 22.6 Å². The topological polar surface area (TPSA) is 41.4 Å². The average Bonchev–Trinajstić information content (AvgIpc) is 3.14. The quantitative estimate of drug-likeness (QED) is 0.519. The monoisotopic (exact) mass is 396 g/mol. The number of benzene rings is 3. The van der Waals surface area contributed by atoms with Gasteiger partial charge in [0.2, 0.25) is 0 Å². The van der Waals surface area contributed by atoms with Crippen LogP contribution in [0.1, 0.15) is 16.2 Å². The van der Waals surface area contributed by atoms with Crippen molar-refractivity contribution in [3.63, 3.8) is 0 Å². The number of carbonyl (C=O) groups is 1. The number of imidazole rings is 1. The number of amides is 1. The number of nitrogens with zero attached hydrogens (tertiary/aromatic N) is 4. The van der Waals surface area contributed by atoms with Crippen molar-refractivity contribution in [2.45, 2.75) is 6.92 Å². The van der Waals surface area contributed by atoms with Crippen LogP contribution in [0.3, 0.4) is 0 Å². The van der Waals surface area contributed by atoms with Crippen LogP contribution in [0.25, 0.3) is 16.7 Å². The van der Waals surface area contributed by atoms with Gasteiger partial charge >= 0.3 is 0 Å². The number of hydrogen-bond donors (Lipinski definition) is 0. The van der Waals surface area contributed by atoms with Gasteiger partial charge in [0.25, 0.3) is 5.91 Å². The molecular formula is C25H24N4O. The van der Waals surface area contributed by atoms with E-state index in [0.29, 0.717) is 5.56 Å². The zero-order valence-corrected chi connectivity index (χ0v) is 17.0. The Kier molecular flexibility index (Phi) is 4.71. The third-order valence-corrected chi connectivity index (χ3v) is 5.77. The van der Waals surface area contributed by atoms with Gasteiger partial charge in [-0.25, -0.2) is 4.98 Å². The number of hydrogen-bond acceptors (Lipinski definition) is 3. The van der Waals surface area contributed by atoms with Crippen LogP contribution in [0.2, 0.25) is 0 Å². The van der Waals surface area contributed by atoms with E-state index in [4.69, 9.17) is 4.98 Å². The molecule has 0 radical (unpaired) electrons. The molecule has 5 heteroatoms. The summed E-state index contributed by atoms with van der Waals surface area (Å²) in [4.78, 5) is 22.1. The maximum atomic E-state index is 13.1. The Hall–Kier alpha value is -3.60. The van der Waals surface area contributed by atoms with Crippen LogP contribution in [-0.2, 0) is 0 Å². The number of carbonyl (C=O) groups excluding carboxylic acids is 1. The second-order valence-electron chi connectivity index (χ2n) is 7.65. The molecule has 1 saturated heterocycles. The molecule has 0 atom stereocenters. The van der Waals surface area contributed by atoms with E-state index in [1.165, 1.54) is 5.69 Å². The van der Waals surface area contributed by atoms with Crippen LogP contribution in [0, 0.1) is 6.92 Å². The van der Waals surface area contributed by atoms with Crippen molar-refractivity contribution < 1.29 is 4.79 Å². The fourth-order valence-electron chi connectivity index (χ4n) is 4.23. The lowest BCUT2D eigenvalue weighted by Gasteiger charge is -2.36. The maximum Gasteiger partial charge on any atom is 0.254 e. The maximum absolute atomic E-state index is 13.1. The lowest BCUT2D eigenvalue weighted by atomic mass is 10.1. The summed E-state index contributed by atoms with van der Waals surface area (Å²) in [5, 5.41) is 0.